The van der Waals surface area contributed by atoms with Crippen LogP contribution in [0.15, 0.2) is 22.8 Å². The van der Waals surface area contributed by atoms with Gasteiger partial charge in [0.2, 0.25) is 5.91 Å². The zero-order chi connectivity index (χ0) is 15.1. The first-order valence-corrected chi connectivity index (χ1v) is 7.97. The van der Waals surface area contributed by atoms with Crippen LogP contribution in [-0.2, 0) is 4.79 Å². The largest absolute Gasteiger partial charge is 0.468 e. The van der Waals surface area contributed by atoms with Crippen molar-refractivity contribution in [3.8, 4) is 0 Å². The quantitative estimate of drug-likeness (QED) is 0.768. The maximum absolute atomic E-state index is 12.1. The van der Waals surface area contributed by atoms with Crippen LogP contribution in [0, 0.1) is 5.92 Å². The number of furan rings is 1. The minimum Gasteiger partial charge on any atom is -0.468 e. The molecule has 0 radical (unpaired) electrons. The van der Waals surface area contributed by atoms with Gasteiger partial charge in [-0.3, -0.25) is 9.69 Å². The Bertz CT molecular complexity index is 413. The zero-order valence-corrected chi connectivity index (χ0v) is 12.9. The Morgan fingerprint density at radius 1 is 1.48 bits per heavy atom. The molecule has 0 aromatic carbocycles. The van der Waals surface area contributed by atoms with E-state index in [1.54, 1.807) is 6.26 Å². The third-order valence-corrected chi connectivity index (χ3v) is 4.21. The third-order valence-electron chi connectivity index (χ3n) is 4.21. The maximum atomic E-state index is 12.1. The summed E-state index contributed by atoms with van der Waals surface area (Å²) in [5, 5.41) is 3.08. The Hall–Kier alpha value is -1.33. The SMILES string of the molecule is CC(CCCN)C(=O)NCC(c1ccco1)N1CCCC1. The van der Waals surface area contributed by atoms with Crippen molar-refractivity contribution in [1.82, 2.24) is 10.2 Å². The number of nitrogens with zero attached hydrogens (tertiary/aromatic N) is 1. The molecule has 21 heavy (non-hydrogen) atoms. The summed E-state index contributed by atoms with van der Waals surface area (Å²) in [6.07, 6.45) is 5.88. The van der Waals surface area contributed by atoms with Crippen LogP contribution in [0.5, 0.6) is 0 Å². The summed E-state index contributed by atoms with van der Waals surface area (Å²) >= 11 is 0. The second-order valence-electron chi connectivity index (χ2n) is 5.85. The van der Waals surface area contributed by atoms with Crippen LogP contribution in [0.1, 0.15) is 44.4 Å². The van der Waals surface area contributed by atoms with Gasteiger partial charge >= 0.3 is 0 Å². The molecule has 0 aliphatic carbocycles. The van der Waals surface area contributed by atoms with Gasteiger partial charge in [-0.15, -0.1) is 0 Å². The van der Waals surface area contributed by atoms with Crippen LogP contribution in [0.4, 0.5) is 0 Å². The van der Waals surface area contributed by atoms with Gasteiger partial charge in [-0.2, -0.15) is 0 Å². The molecule has 1 fully saturated rings. The van der Waals surface area contributed by atoms with Crippen LogP contribution in [0.3, 0.4) is 0 Å². The van der Waals surface area contributed by atoms with E-state index in [4.69, 9.17) is 10.2 Å². The Labute approximate surface area is 126 Å². The molecule has 5 heteroatoms. The molecule has 1 aliphatic rings. The van der Waals surface area contributed by atoms with Crippen LogP contribution >= 0.6 is 0 Å². The monoisotopic (exact) mass is 293 g/mol. The zero-order valence-electron chi connectivity index (χ0n) is 12.9. The predicted molar refractivity (Wildman–Crippen MR) is 82.7 cm³/mol. The number of likely N-dealkylation sites (tertiary alicyclic amines) is 1. The van der Waals surface area contributed by atoms with E-state index in [0.717, 1.165) is 31.7 Å². The van der Waals surface area contributed by atoms with E-state index in [1.807, 2.05) is 19.1 Å². The molecule has 2 atom stereocenters. The molecular weight excluding hydrogens is 266 g/mol. The summed E-state index contributed by atoms with van der Waals surface area (Å²) in [6, 6.07) is 4.05. The third kappa shape index (κ3) is 4.58. The number of rotatable bonds is 8. The highest BCUT2D eigenvalue weighted by Gasteiger charge is 2.26. The van der Waals surface area contributed by atoms with E-state index in [1.165, 1.54) is 12.8 Å². The van der Waals surface area contributed by atoms with Gasteiger partial charge in [-0.25, -0.2) is 0 Å². The van der Waals surface area contributed by atoms with Gasteiger partial charge < -0.3 is 15.5 Å². The average Bonchev–Trinajstić information content (AvgIpc) is 3.18. The van der Waals surface area contributed by atoms with Crippen molar-refractivity contribution in [2.75, 3.05) is 26.2 Å². The Kier molecular flexibility index (Phi) is 6.26. The van der Waals surface area contributed by atoms with E-state index < -0.39 is 0 Å². The number of carbonyl (C=O) groups is 1. The highest BCUT2D eigenvalue weighted by Crippen LogP contribution is 2.25. The Morgan fingerprint density at radius 3 is 2.86 bits per heavy atom. The minimum atomic E-state index is 0.0179. The van der Waals surface area contributed by atoms with Crippen LogP contribution in [0.2, 0.25) is 0 Å². The first-order chi connectivity index (χ1) is 10.2. The molecule has 1 aromatic rings. The van der Waals surface area contributed by atoms with Gasteiger partial charge in [-0.05, 0) is 57.5 Å². The van der Waals surface area contributed by atoms with Crippen molar-refractivity contribution in [3.05, 3.63) is 24.2 Å². The molecule has 5 nitrogen and oxygen atoms in total. The fourth-order valence-corrected chi connectivity index (χ4v) is 2.87. The molecule has 1 aliphatic heterocycles. The first kappa shape index (κ1) is 16.0. The van der Waals surface area contributed by atoms with E-state index in [9.17, 15) is 4.79 Å². The fourth-order valence-electron chi connectivity index (χ4n) is 2.87. The topological polar surface area (TPSA) is 71.5 Å². The van der Waals surface area contributed by atoms with Crippen LogP contribution in [-0.4, -0.2) is 37.0 Å². The van der Waals surface area contributed by atoms with Gasteiger partial charge in [0.1, 0.15) is 5.76 Å². The lowest BCUT2D eigenvalue weighted by atomic mass is 10.0. The van der Waals surface area contributed by atoms with Gasteiger partial charge in [0.25, 0.3) is 0 Å². The molecule has 118 valence electrons. The number of amides is 1. The van der Waals surface area contributed by atoms with E-state index >= 15 is 0 Å². The molecule has 0 bridgehead atoms. The van der Waals surface area contributed by atoms with Crippen molar-refractivity contribution in [2.45, 2.75) is 38.6 Å². The Morgan fingerprint density at radius 2 is 2.24 bits per heavy atom. The molecule has 3 N–H and O–H groups in total. The van der Waals surface area contributed by atoms with E-state index in [2.05, 4.69) is 10.2 Å². The summed E-state index contributed by atoms with van der Waals surface area (Å²) in [4.78, 5) is 14.5. The Balaban J connectivity index is 1.88. The van der Waals surface area contributed by atoms with E-state index in [-0.39, 0.29) is 17.9 Å². The standard InChI is InChI=1S/C16H27N3O2/c1-13(6-4-8-17)16(20)18-12-14(15-7-5-11-21-15)19-9-2-3-10-19/h5,7,11,13-14H,2-4,6,8-10,12,17H2,1H3,(H,18,20). The lowest BCUT2D eigenvalue weighted by Crippen LogP contribution is -2.38. The number of carbonyl (C=O) groups excluding carboxylic acids is 1. The van der Waals surface area contributed by atoms with E-state index in [0.29, 0.717) is 13.1 Å². The second kappa shape index (κ2) is 8.20. The molecule has 2 heterocycles. The highest BCUT2D eigenvalue weighted by atomic mass is 16.3. The average molecular weight is 293 g/mol. The lowest BCUT2D eigenvalue weighted by Gasteiger charge is -2.26. The summed E-state index contributed by atoms with van der Waals surface area (Å²) in [7, 11) is 0. The van der Waals surface area contributed by atoms with Crippen molar-refractivity contribution >= 4 is 5.91 Å². The first-order valence-electron chi connectivity index (χ1n) is 7.97. The number of hydrogen-bond acceptors (Lipinski definition) is 4. The van der Waals surface area contributed by atoms with Crippen LogP contribution < -0.4 is 11.1 Å². The smallest absolute Gasteiger partial charge is 0.222 e. The second-order valence-corrected chi connectivity index (χ2v) is 5.85. The van der Waals surface area contributed by atoms with Gasteiger partial charge in [0, 0.05) is 12.5 Å². The summed E-state index contributed by atoms with van der Waals surface area (Å²) < 4.78 is 5.56. The van der Waals surface area contributed by atoms with Crippen molar-refractivity contribution in [2.24, 2.45) is 11.7 Å². The van der Waals surface area contributed by atoms with Crippen molar-refractivity contribution in [3.63, 3.8) is 0 Å². The molecular formula is C16H27N3O2. The van der Waals surface area contributed by atoms with Gasteiger partial charge in [0.05, 0.1) is 12.3 Å². The maximum Gasteiger partial charge on any atom is 0.222 e. The number of nitrogens with two attached hydrogens (primary N) is 1. The summed E-state index contributed by atoms with van der Waals surface area (Å²) in [5.74, 6) is 1.07. The normalized spacial score (nSPS) is 18.6. The summed E-state index contributed by atoms with van der Waals surface area (Å²) in [5.41, 5.74) is 5.50. The highest BCUT2D eigenvalue weighted by molar-refractivity contribution is 5.78. The van der Waals surface area contributed by atoms with Crippen molar-refractivity contribution < 1.29 is 9.21 Å². The molecule has 1 amide bonds. The molecule has 1 aromatic heterocycles. The number of nitrogens with one attached hydrogen (secondary N) is 1. The number of hydrogen-bond donors (Lipinski definition) is 2. The predicted octanol–water partition coefficient (Wildman–Crippen LogP) is 1.91. The van der Waals surface area contributed by atoms with Crippen molar-refractivity contribution in [1.29, 1.82) is 0 Å². The summed E-state index contributed by atoms with van der Waals surface area (Å²) in [6.45, 7) is 5.36. The van der Waals surface area contributed by atoms with Gasteiger partial charge in [0.15, 0.2) is 0 Å². The van der Waals surface area contributed by atoms with Crippen LogP contribution in [0.25, 0.3) is 0 Å². The molecule has 0 spiro atoms. The fraction of sp³-hybridized carbons (Fsp3) is 0.688. The van der Waals surface area contributed by atoms with Gasteiger partial charge in [-0.1, -0.05) is 6.92 Å². The minimum absolute atomic E-state index is 0.0179. The molecule has 1 saturated heterocycles. The lowest BCUT2D eigenvalue weighted by molar-refractivity contribution is -0.125. The molecule has 0 saturated carbocycles. The molecule has 2 rings (SSSR count). The molecule has 2 unspecified atom stereocenters.